The van der Waals surface area contributed by atoms with Crippen molar-refractivity contribution in [2.75, 3.05) is 11.4 Å². The molecule has 0 spiro atoms. The van der Waals surface area contributed by atoms with E-state index in [1.165, 1.54) is 18.5 Å². The van der Waals surface area contributed by atoms with E-state index >= 15 is 0 Å². The van der Waals surface area contributed by atoms with E-state index in [2.05, 4.69) is 24.6 Å². The van der Waals surface area contributed by atoms with E-state index in [1.54, 1.807) is 0 Å². The Kier molecular flexibility index (Phi) is 1.80. The fourth-order valence-corrected chi connectivity index (χ4v) is 2.20. The zero-order valence-electron chi connectivity index (χ0n) is 9.41. The quantitative estimate of drug-likeness (QED) is 0.776. The normalized spacial score (nSPS) is 19.4. The Morgan fingerprint density at radius 3 is 3.06 bits per heavy atom. The fourth-order valence-electron chi connectivity index (χ4n) is 2.20. The minimum Gasteiger partial charge on any atom is -0.408 e. The second kappa shape index (κ2) is 3.32. The van der Waals surface area contributed by atoms with Crippen molar-refractivity contribution in [2.24, 2.45) is 0 Å². The Hall–Kier alpha value is -1.85. The molecule has 2 aliphatic rings. The van der Waals surface area contributed by atoms with Gasteiger partial charge in [0, 0.05) is 25.2 Å². The van der Waals surface area contributed by atoms with E-state index < -0.39 is 0 Å². The minimum atomic E-state index is 0.520. The number of hydrogen-bond acceptors (Lipinski definition) is 5. The van der Waals surface area contributed by atoms with Gasteiger partial charge in [0.1, 0.15) is 0 Å². The highest BCUT2D eigenvalue weighted by Crippen LogP contribution is 2.40. The largest absolute Gasteiger partial charge is 0.408 e. The summed E-state index contributed by atoms with van der Waals surface area (Å²) in [6.07, 6.45) is 6.14. The molecule has 3 heterocycles. The van der Waals surface area contributed by atoms with Gasteiger partial charge in [0.05, 0.1) is 18.6 Å². The molecule has 1 fully saturated rings. The van der Waals surface area contributed by atoms with Gasteiger partial charge in [0.25, 0.3) is 0 Å². The van der Waals surface area contributed by atoms with Gasteiger partial charge in [-0.2, -0.15) is 0 Å². The maximum Gasteiger partial charge on any atom is 0.318 e. The molecule has 1 aliphatic heterocycles. The highest BCUT2D eigenvalue weighted by Gasteiger charge is 2.30. The predicted molar refractivity (Wildman–Crippen MR) is 59.6 cm³/mol. The number of fused-ring (bicyclic) bond motifs is 1. The average Bonchev–Trinajstić information content (AvgIpc) is 2.93. The molecule has 1 saturated carbocycles. The van der Waals surface area contributed by atoms with E-state index in [9.17, 15) is 0 Å². The number of rotatable bonds is 2. The molecule has 6 heteroatoms. The first-order valence-electron chi connectivity index (χ1n) is 5.97. The van der Waals surface area contributed by atoms with Gasteiger partial charge in [-0.3, -0.25) is 0 Å². The molecule has 0 atom stereocenters. The van der Waals surface area contributed by atoms with Crippen LogP contribution >= 0.6 is 0 Å². The maximum atomic E-state index is 5.71. The van der Waals surface area contributed by atoms with Crippen LogP contribution in [0.15, 0.2) is 16.9 Å². The molecule has 6 nitrogen and oxygen atoms in total. The summed E-state index contributed by atoms with van der Waals surface area (Å²) >= 11 is 0. The van der Waals surface area contributed by atoms with E-state index in [4.69, 9.17) is 4.42 Å². The van der Waals surface area contributed by atoms with E-state index in [0.29, 0.717) is 11.9 Å². The molecule has 0 radical (unpaired) electrons. The molecule has 0 aromatic carbocycles. The Morgan fingerprint density at radius 1 is 1.24 bits per heavy atom. The third-order valence-electron chi connectivity index (χ3n) is 3.39. The van der Waals surface area contributed by atoms with Crippen LogP contribution in [0.3, 0.4) is 0 Å². The highest BCUT2D eigenvalue weighted by molar-refractivity contribution is 5.28. The Bertz CT molecular complexity index is 542. The van der Waals surface area contributed by atoms with Crippen LogP contribution in [0.1, 0.15) is 30.3 Å². The fraction of sp³-hybridized carbons (Fsp3) is 0.545. The van der Waals surface area contributed by atoms with Crippen molar-refractivity contribution < 1.29 is 4.42 Å². The summed E-state index contributed by atoms with van der Waals surface area (Å²) in [5.74, 6) is 1.32. The Morgan fingerprint density at radius 2 is 2.18 bits per heavy atom. The Balaban J connectivity index is 1.58. The van der Waals surface area contributed by atoms with Gasteiger partial charge >= 0.3 is 6.01 Å². The third kappa shape index (κ3) is 1.51. The van der Waals surface area contributed by atoms with Gasteiger partial charge in [-0.25, -0.2) is 4.98 Å². The smallest absolute Gasteiger partial charge is 0.318 e. The number of imidazole rings is 1. The summed E-state index contributed by atoms with van der Waals surface area (Å²) in [7, 11) is 0. The zero-order chi connectivity index (χ0) is 11.2. The van der Waals surface area contributed by atoms with Crippen LogP contribution in [0.5, 0.6) is 0 Å². The first-order valence-corrected chi connectivity index (χ1v) is 5.97. The third-order valence-corrected chi connectivity index (χ3v) is 3.39. The van der Waals surface area contributed by atoms with Gasteiger partial charge in [-0.15, -0.1) is 5.10 Å². The lowest BCUT2D eigenvalue weighted by molar-refractivity contribution is 0.461. The van der Waals surface area contributed by atoms with Gasteiger partial charge in [0.15, 0.2) is 0 Å². The van der Waals surface area contributed by atoms with Gasteiger partial charge in [-0.05, 0) is 12.8 Å². The van der Waals surface area contributed by atoms with Crippen molar-refractivity contribution in [1.29, 1.82) is 0 Å². The van der Waals surface area contributed by atoms with Crippen molar-refractivity contribution >= 4 is 6.01 Å². The van der Waals surface area contributed by atoms with Crippen molar-refractivity contribution in [3.63, 3.8) is 0 Å². The van der Waals surface area contributed by atoms with Gasteiger partial charge in [0.2, 0.25) is 5.89 Å². The first-order chi connectivity index (χ1) is 8.40. The minimum absolute atomic E-state index is 0.520. The van der Waals surface area contributed by atoms with Crippen LogP contribution in [0.25, 0.3) is 0 Å². The van der Waals surface area contributed by atoms with Crippen LogP contribution in [-0.4, -0.2) is 26.3 Å². The highest BCUT2D eigenvalue weighted by atomic mass is 16.4. The molecule has 0 saturated heterocycles. The standard InChI is InChI=1S/C11H13N5O/c1-2-8(1)10-13-14-11(17-10)15-3-4-16-7-12-5-9(16)6-15/h5,7-8H,1-4,6H2. The lowest BCUT2D eigenvalue weighted by atomic mass is 10.3. The molecule has 0 bridgehead atoms. The first kappa shape index (κ1) is 9.21. The maximum absolute atomic E-state index is 5.71. The molecule has 4 rings (SSSR count). The van der Waals surface area contributed by atoms with Crippen molar-refractivity contribution in [2.45, 2.75) is 31.8 Å². The lowest BCUT2D eigenvalue weighted by Crippen LogP contribution is -2.33. The summed E-state index contributed by atoms with van der Waals surface area (Å²) in [6.45, 7) is 2.62. The lowest BCUT2D eigenvalue weighted by Gasteiger charge is -2.25. The number of nitrogens with zero attached hydrogens (tertiary/aromatic N) is 5. The molecule has 2 aromatic rings. The summed E-state index contributed by atoms with van der Waals surface area (Å²) in [5, 5.41) is 8.25. The van der Waals surface area contributed by atoms with E-state index in [1.807, 2.05) is 12.5 Å². The van der Waals surface area contributed by atoms with Crippen LogP contribution in [0.2, 0.25) is 0 Å². The van der Waals surface area contributed by atoms with Crippen LogP contribution < -0.4 is 4.90 Å². The summed E-state index contributed by atoms with van der Waals surface area (Å²) < 4.78 is 7.87. The van der Waals surface area contributed by atoms with Crippen LogP contribution in [0.4, 0.5) is 6.01 Å². The Labute approximate surface area is 98.3 Å². The van der Waals surface area contributed by atoms with Gasteiger partial charge in [-0.1, -0.05) is 5.10 Å². The van der Waals surface area contributed by atoms with Gasteiger partial charge < -0.3 is 13.9 Å². The molecule has 0 amide bonds. The molecular weight excluding hydrogens is 218 g/mol. The summed E-state index contributed by atoms with van der Waals surface area (Å²) in [4.78, 5) is 6.27. The molecule has 0 N–H and O–H groups in total. The monoisotopic (exact) mass is 231 g/mol. The second-order valence-electron chi connectivity index (χ2n) is 4.70. The molecule has 1 aliphatic carbocycles. The topological polar surface area (TPSA) is 60.0 Å². The van der Waals surface area contributed by atoms with Crippen molar-refractivity contribution in [3.8, 4) is 0 Å². The summed E-state index contributed by atoms with van der Waals surface area (Å²) in [6, 6.07) is 0.652. The summed E-state index contributed by atoms with van der Waals surface area (Å²) in [5.41, 5.74) is 1.20. The second-order valence-corrected chi connectivity index (χ2v) is 4.70. The average molecular weight is 231 g/mol. The molecule has 17 heavy (non-hydrogen) atoms. The molecule has 88 valence electrons. The van der Waals surface area contributed by atoms with E-state index in [-0.39, 0.29) is 0 Å². The molecule has 2 aromatic heterocycles. The zero-order valence-corrected chi connectivity index (χ0v) is 9.41. The van der Waals surface area contributed by atoms with Crippen LogP contribution in [0, 0.1) is 0 Å². The van der Waals surface area contributed by atoms with Crippen molar-refractivity contribution in [3.05, 3.63) is 24.1 Å². The van der Waals surface area contributed by atoms with Crippen molar-refractivity contribution in [1.82, 2.24) is 19.7 Å². The van der Waals surface area contributed by atoms with Crippen LogP contribution in [-0.2, 0) is 13.1 Å². The van der Waals surface area contributed by atoms with E-state index in [0.717, 1.165) is 25.5 Å². The molecular formula is C11H13N5O. The number of hydrogen-bond donors (Lipinski definition) is 0. The predicted octanol–water partition coefficient (Wildman–Crippen LogP) is 1.16. The SMILES string of the molecule is c1ncn2c1CN(c1nnc(C3CC3)o1)CC2. The molecule has 0 unspecified atom stereocenters. The number of aromatic nitrogens is 4. The number of anilines is 1.